The van der Waals surface area contributed by atoms with Gasteiger partial charge in [0.2, 0.25) is 10.0 Å². The highest BCUT2D eigenvalue weighted by atomic mass is 32.2. The maximum absolute atomic E-state index is 13.7. The van der Waals surface area contributed by atoms with Gasteiger partial charge < -0.3 is 15.1 Å². The van der Waals surface area contributed by atoms with Crippen LogP contribution in [0.2, 0.25) is 0 Å². The molecule has 1 saturated heterocycles. The fourth-order valence-electron chi connectivity index (χ4n) is 3.04. The average molecular weight is 401 g/mol. The lowest BCUT2D eigenvalue weighted by atomic mass is 9.96. The van der Waals surface area contributed by atoms with E-state index >= 15 is 0 Å². The monoisotopic (exact) mass is 400 g/mol. The van der Waals surface area contributed by atoms with Gasteiger partial charge in [0.15, 0.2) is 0 Å². The number of anilines is 1. The molecule has 0 saturated carbocycles. The van der Waals surface area contributed by atoms with Gasteiger partial charge in [0, 0.05) is 25.2 Å². The van der Waals surface area contributed by atoms with E-state index in [4.69, 9.17) is 0 Å². The molecule has 0 unspecified atom stereocenters. The van der Waals surface area contributed by atoms with E-state index in [1.54, 1.807) is 0 Å². The maximum Gasteiger partial charge on any atom is 0.251 e. The van der Waals surface area contributed by atoms with Crippen LogP contribution in [0.15, 0.2) is 18.2 Å². The van der Waals surface area contributed by atoms with Gasteiger partial charge in [-0.3, -0.25) is 9.52 Å². The number of likely N-dealkylation sites (tertiary alicyclic amines) is 1. The zero-order valence-corrected chi connectivity index (χ0v) is 17.0. The highest BCUT2D eigenvalue weighted by Crippen LogP contribution is 2.19. The van der Waals surface area contributed by atoms with Gasteiger partial charge in [-0.15, -0.1) is 0 Å². The van der Waals surface area contributed by atoms with Gasteiger partial charge >= 0.3 is 0 Å². The van der Waals surface area contributed by atoms with Crippen molar-refractivity contribution in [2.45, 2.75) is 12.8 Å². The number of hydrogen-bond donors (Lipinski definition) is 2. The largest absolute Gasteiger partial charge is 0.352 e. The van der Waals surface area contributed by atoms with Crippen molar-refractivity contribution in [3.05, 3.63) is 29.6 Å². The molecule has 27 heavy (non-hydrogen) atoms. The van der Waals surface area contributed by atoms with Crippen molar-refractivity contribution in [1.82, 2.24) is 15.1 Å². The number of likely N-dealkylation sites (N-methyl/N-ethyl adjacent to an activating group) is 1. The Morgan fingerprint density at radius 1 is 1.30 bits per heavy atom. The number of nitrogens with one attached hydrogen (secondary N) is 2. The third-order valence-corrected chi connectivity index (χ3v) is 5.24. The number of piperidine rings is 1. The molecule has 1 aliphatic rings. The summed E-state index contributed by atoms with van der Waals surface area (Å²) < 4.78 is 38.4. The topological polar surface area (TPSA) is 81.8 Å². The zero-order chi connectivity index (χ0) is 20.0. The molecule has 0 bridgehead atoms. The zero-order valence-electron chi connectivity index (χ0n) is 16.2. The highest BCUT2D eigenvalue weighted by Gasteiger charge is 2.20. The number of carbonyl (C=O) groups excluding carboxylic acids is 1. The number of benzene rings is 1. The average Bonchev–Trinajstić information content (AvgIpc) is 2.59. The van der Waals surface area contributed by atoms with Gasteiger partial charge in [0.25, 0.3) is 5.91 Å². The molecule has 0 spiro atoms. The van der Waals surface area contributed by atoms with Crippen LogP contribution in [0, 0.1) is 11.7 Å². The quantitative estimate of drug-likeness (QED) is 0.685. The molecule has 9 heteroatoms. The summed E-state index contributed by atoms with van der Waals surface area (Å²) in [5.74, 6) is -0.637. The number of halogens is 1. The fraction of sp³-hybridized carbons (Fsp3) is 0.611. The SMILES string of the molecule is CN(C)CCN1CCC(CNC(=O)c2ccc(F)c(NS(C)(=O)=O)c2)CC1. The van der Waals surface area contributed by atoms with Gasteiger partial charge in [0.1, 0.15) is 5.82 Å². The van der Waals surface area contributed by atoms with E-state index in [-0.39, 0.29) is 17.2 Å². The first-order valence-corrected chi connectivity index (χ1v) is 11.0. The standard InChI is InChI=1S/C18H29FN4O3S/c1-22(2)10-11-23-8-6-14(7-9-23)13-20-18(24)15-4-5-16(19)17(12-15)21-27(3,25)26/h4-5,12,14,21H,6-11,13H2,1-3H3,(H,20,24). The summed E-state index contributed by atoms with van der Waals surface area (Å²) in [6.45, 7) is 4.70. The Kier molecular flexibility index (Phi) is 7.58. The normalized spacial score (nSPS) is 16.5. The summed E-state index contributed by atoms with van der Waals surface area (Å²) in [7, 11) is 0.512. The molecule has 7 nitrogen and oxygen atoms in total. The molecular weight excluding hydrogens is 371 g/mol. The van der Waals surface area contributed by atoms with Crippen molar-refractivity contribution in [3.63, 3.8) is 0 Å². The predicted octanol–water partition coefficient (Wildman–Crippen LogP) is 1.20. The number of sulfonamides is 1. The molecule has 0 radical (unpaired) electrons. The minimum Gasteiger partial charge on any atom is -0.352 e. The minimum atomic E-state index is -3.62. The molecule has 1 aliphatic heterocycles. The summed E-state index contributed by atoms with van der Waals surface area (Å²) in [5.41, 5.74) is 0.00493. The van der Waals surface area contributed by atoms with Gasteiger partial charge in [-0.05, 0) is 64.1 Å². The van der Waals surface area contributed by atoms with Crippen molar-refractivity contribution < 1.29 is 17.6 Å². The number of hydrogen-bond acceptors (Lipinski definition) is 5. The molecule has 2 N–H and O–H groups in total. The van der Waals surface area contributed by atoms with Crippen molar-refractivity contribution in [3.8, 4) is 0 Å². The van der Waals surface area contributed by atoms with E-state index in [1.807, 2.05) is 0 Å². The lowest BCUT2D eigenvalue weighted by Gasteiger charge is -2.32. The molecule has 2 rings (SSSR count). The van der Waals surface area contributed by atoms with E-state index in [0.717, 1.165) is 51.3 Å². The molecular formula is C18H29FN4O3S. The van der Waals surface area contributed by atoms with Crippen molar-refractivity contribution >= 4 is 21.6 Å². The first kappa shape index (κ1) is 21.6. The van der Waals surface area contributed by atoms with Crippen LogP contribution in [0.25, 0.3) is 0 Å². The fourth-order valence-corrected chi connectivity index (χ4v) is 3.60. The second-order valence-electron chi connectivity index (χ2n) is 7.37. The van der Waals surface area contributed by atoms with Crippen LogP contribution in [0.3, 0.4) is 0 Å². The lowest BCUT2D eigenvalue weighted by molar-refractivity contribution is 0.0935. The van der Waals surface area contributed by atoms with Crippen molar-refractivity contribution in [1.29, 1.82) is 0 Å². The Balaban J connectivity index is 1.83. The highest BCUT2D eigenvalue weighted by molar-refractivity contribution is 7.92. The number of nitrogens with zero attached hydrogens (tertiary/aromatic N) is 2. The summed E-state index contributed by atoms with van der Waals surface area (Å²) in [5, 5.41) is 2.88. The van der Waals surface area contributed by atoms with E-state index in [9.17, 15) is 17.6 Å². The van der Waals surface area contributed by atoms with Gasteiger partial charge in [-0.25, -0.2) is 12.8 Å². The molecule has 1 amide bonds. The van der Waals surface area contributed by atoms with Crippen LogP contribution < -0.4 is 10.0 Å². The number of carbonyl (C=O) groups is 1. The van der Waals surface area contributed by atoms with Crippen molar-refractivity contribution in [2.24, 2.45) is 5.92 Å². The first-order valence-electron chi connectivity index (χ1n) is 9.06. The minimum absolute atomic E-state index is 0.223. The van der Waals surface area contributed by atoms with E-state index < -0.39 is 15.8 Å². The van der Waals surface area contributed by atoms with Crippen molar-refractivity contribution in [2.75, 3.05) is 57.8 Å². The third kappa shape index (κ3) is 7.43. The number of rotatable bonds is 8. The van der Waals surface area contributed by atoms with Crippen LogP contribution in [0.5, 0.6) is 0 Å². The Labute approximate surface area is 161 Å². The summed E-state index contributed by atoms with van der Waals surface area (Å²) in [4.78, 5) is 16.9. The lowest BCUT2D eigenvalue weighted by Crippen LogP contribution is -2.41. The second-order valence-corrected chi connectivity index (χ2v) is 9.12. The summed E-state index contributed by atoms with van der Waals surface area (Å²) >= 11 is 0. The number of amides is 1. The van der Waals surface area contributed by atoms with Gasteiger partial charge in [0.05, 0.1) is 11.9 Å². The Morgan fingerprint density at radius 2 is 1.96 bits per heavy atom. The Bertz CT molecular complexity index is 747. The van der Waals surface area contributed by atoms with Gasteiger partial charge in [-0.2, -0.15) is 0 Å². The van der Waals surface area contributed by atoms with E-state index in [0.29, 0.717) is 12.5 Å². The maximum atomic E-state index is 13.7. The molecule has 0 atom stereocenters. The molecule has 152 valence electrons. The molecule has 1 aromatic rings. The van der Waals surface area contributed by atoms with Gasteiger partial charge in [-0.1, -0.05) is 0 Å². The summed E-state index contributed by atoms with van der Waals surface area (Å²) in [6, 6.07) is 3.66. The van der Waals surface area contributed by atoms with Crippen LogP contribution in [-0.2, 0) is 10.0 Å². The van der Waals surface area contributed by atoms with Crippen LogP contribution in [0.1, 0.15) is 23.2 Å². The Morgan fingerprint density at radius 3 is 2.56 bits per heavy atom. The molecule has 0 aromatic heterocycles. The molecule has 1 fully saturated rings. The molecule has 1 heterocycles. The van der Waals surface area contributed by atoms with E-state index in [1.165, 1.54) is 12.1 Å². The smallest absolute Gasteiger partial charge is 0.251 e. The predicted molar refractivity (Wildman–Crippen MR) is 105 cm³/mol. The molecule has 0 aliphatic carbocycles. The van der Waals surface area contributed by atoms with Crippen LogP contribution in [-0.4, -0.2) is 77.2 Å². The molecule has 1 aromatic carbocycles. The van der Waals surface area contributed by atoms with Crippen LogP contribution in [0.4, 0.5) is 10.1 Å². The second kappa shape index (κ2) is 9.48. The van der Waals surface area contributed by atoms with Crippen LogP contribution >= 0.6 is 0 Å². The third-order valence-electron chi connectivity index (χ3n) is 4.65. The summed E-state index contributed by atoms with van der Waals surface area (Å²) in [6.07, 6.45) is 2.99. The van der Waals surface area contributed by atoms with E-state index in [2.05, 4.69) is 33.9 Å². The Hall–Kier alpha value is -1.71. The first-order chi connectivity index (χ1) is 12.6.